The first-order valence-electron chi connectivity index (χ1n) is 51.5. The molecular weight excluding hydrogens is 1820 g/mol. The molecule has 16 aromatic rings. The maximum atomic E-state index is 15.0. The predicted molar refractivity (Wildman–Crippen MR) is 570 cm³/mol. The van der Waals surface area contributed by atoms with Crippen LogP contribution in [0.2, 0.25) is 0 Å². The van der Waals surface area contributed by atoms with E-state index in [0.29, 0.717) is 158 Å². The van der Waals surface area contributed by atoms with Crippen LogP contribution in [0, 0.1) is 32.4 Å². The molecule has 29 nitrogen and oxygen atoms in total. The summed E-state index contributed by atoms with van der Waals surface area (Å²) in [6, 6.07) is 49.2. The van der Waals surface area contributed by atoms with Crippen molar-refractivity contribution in [3.05, 3.63) is 304 Å². The van der Waals surface area contributed by atoms with Crippen LogP contribution in [-0.2, 0) is 30.9 Å². The fourth-order valence-electron chi connectivity index (χ4n) is 20.5. The number of nitrogens with zero attached hydrogens (tertiary/aromatic N) is 16. The minimum Gasteiger partial charge on any atom is -0.371 e. The van der Waals surface area contributed by atoms with Gasteiger partial charge in [0.1, 0.15) is 34.2 Å². The van der Waals surface area contributed by atoms with Gasteiger partial charge in [0.2, 0.25) is 23.8 Å². The van der Waals surface area contributed by atoms with Crippen LogP contribution >= 0.6 is 0 Å². The molecular formula is C114H122F2N24O5. The Morgan fingerprint density at radius 3 is 0.993 bits per heavy atom. The predicted octanol–water partition coefficient (Wildman–Crippen LogP) is 19.8. The van der Waals surface area contributed by atoms with Crippen LogP contribution in [-0.4, -0.2) is 145 Å². The Balaban J connectivity index is 0.000000114. The molecule has 11 aromatic heterocycles. The third-order valence-corrected chi connectivity index (χ3v) is 29.2. The highest BCUT2D eigenvalue weighted by atomic mass is 19.1. The maximum Gasteiger partial charge on any atom is 0.261 e. The monoisotopic (exact) mass is 1940 g/mol. The van der Waals surface area contributed by atoms with Gasteiger partial charge in [-0.1, -0.05) is 66.7 Å². The van der Waals surface area contributed by atoms with E-state index in [1.54, 1.807) is 67.3 Å². The molecule has 0 spiro atoms. The third-order valence-electron chi connectivity index (χ3n) is 29.2. The van der Waals surface area contributed by atoms with E-state index < -0.39 is 0 Å². The number of halogens is 2. The van der Waals surface area contributed by atoms with E-state index in [1.807, 2.05) is 114 Å². The van der Waals surface area contributed by atoms with Gasteiger partial charge in [-0.2, -0.15) is 19.9 Å². The van der Waals surface area contributed by atoms with Crippen molar-refractivity contribution >= 4 is 96.4 Å². The number of benzene rings is 5. The highest BCUT2D eigenvalue weighted by Gasteiger charge is 2.32. The Morgan fingerprint density at radius 2 is 0.648 bits per heavy atom. The number of piperidine rings is 2. The minimum atomic E-state index is -0.356. The van der Waals surface area contributed by atoms with Crippen LogP contribution in [0.1, 0.15) is 202 Å². The first kappa shape index (κ1) is 96.5. The molecule has 4 aliphatic heterocycles. The van der Waals surface area contributed by atoms with Crippen LogP contribution < -0.4 is 69.7 Å². The maximum absolute atomic E-state index is 15.0. The first-order chi connectivity index (χ1) is 70.8. The number of piperazine rings is 1. The summed E-state index contributed by atoms with van der Waals surface area (Å²) in [6.45, 7) is 25.6. The fourth-order valence-corrected chi connectivity index (χ4v) is 20.5. The number of nitrogens with one attached hydrogen (secondary N) is 8. The fraction of sp³-hybridized carbons (Fsp3) is 0.360. The third kappa shape index (κ3) is 21.5. The quantitative estimate of drug-likeness (QED) is 0.0279. The molecule has 4 aliphatic carbocycles. The molecule has 5 aromatic carbocycles. The Morgan fingerprint density at radius 1 is 0.317 bits per heavy atom. The zero-order valence-electron chi connectivity index (χ0n) is 83.1. The number of pyridine rings is 7. The van der Waals surface area contributed by atoms with Crippen molar-refractivity contribution < 1.29 is 13.5 Å². The normalized spacial score (nSPS) is 16.6. The summed E-state index contributed by atoms with van der Waals surface area (Å²) < 4.78 is 42.4. The second-order valence-corrected chi connectivity index (χ2v) is 39.3. The molecule has 15 heterocycles. The Bertz CT molecular complexity index is 7230. The second-order valence-electron chi connectivity index (χ2n) is 39.3. The van der Waals surface area contributed by atoms with Crippen molar-refractivity contribution in [2.75, 3.05) is 98.2 Å². The molecule has 24 rings (SSSR count). The van der Waals surface area contributed by atoms with Gasteiger partial charge in [-0.05, 0) is 328 Å². The van der Waals surface area contributed by atoms with Crippen LogP contribution in [0.15, 0.2) is 214 Å². The van der Waals surface area contributed by atoms with Crippen molar-refractivity contribution in [1.29, 1.82) is 0 Å². The lowest BCUT2D eigenvalue weighted by atomic mass is 9.90. The first-order valence-corrected chi connectivity index (χ1v) is 51.5. The van der Waals surface area contributed by atoms with Crippen molar-refractivity contribution in [2.45, 2.75) is 193 Å². The molecule has 0 radical (unpaired) electrons. The molecule has 4 saturated carbocycles. The summed E-state index contributed by atoms with van der Waals surface area (Å²) in [5, 5.41) is 29.5. The Hall–Kier alpha value is -14.6. The van der Waals surface area contributed by atoms with Crippen LogP contribution in [0.5, 0.6) is 0 Å². The van der Waals surface area contributed by atoms with Gasteiger partial charge < -0.3 is 52.2 Å². The Labute approximate surface area is 839 Å². The zero-order chi connectivity index (χ0) is 99.5. The second kappa shape index (κ2) is 42.7. The summed E-state index contributed by atoms with van der Waals surface area (Å²) in [6.07, 6.45) is 27.0. The molecule has 0 amide bonds. The number of fused-ring (bicyclic) bond motifs is 4. The van der Waals surface area contributed by atoms with E-state index in [1.165, 1.54) is 85.3 Å². The molecule has 145 heavy (non-hydrogen) atoms. The topological polar surface area (TPSA) is 338 Å². The highest BCUT2D eigenvalue weighted by Crippen LogP contribution is 2.45. The minimum absolute atomic E-state index is 0.0703. The number of anilines is 9. The molecule has 1 unspecified atom stereocenters. The number of ether oxygens (including phenoxy) is 1. The van der Waals surface area contributed by atoms with Gasteiger partial charge in [0.15, 0.2) is 0 Å². The molecule has 8 aliphatic rings. The molecule has 31 heteroatoms. The summed E-state index contributed by atoms with van der Waals surface area (Å²) in [5.74, 6) is 4.55. The summed E-state index contributed by atoms with van der Waals surface area (Å²) in [4.78, 5) is 107. The molecule has 8 fully saturated rings. The van der Waals surface area contributed by atoms with Gasteiger partial charge in [0.05, 0.1) is 57.7 Å². The molecule has 742 valence electrons. The van der Waals surface area contributed by atoms with Gasteiger partial charge in [-0.15, -0.1) is 0 Å². The van der Waals surface area contributed by atoms with E-state index >= 15 is 4.39 Å². The average Bonchev–Trinajstić information content (AvgIpc) is 0.869. The van der Waals surface area contributed by atoms with Gasteiger partial charge in [0.25, 0.3) is 22.2 Å². The van der Waals surface area contributed by atoms with Gasteiger partial charge in [0, 0.05) is 159 Å². The average molecular weight is 1950 g/mol. The number of aromatic nitrogens is 15. The largest absolute Gasteiger partial charge is 0.371 e. The molecule has 0 bridgehead atoms. The van der Waals surface area contributed by atoms with Crippen molar-refractivity contribution in [1.82, 2.24) is 94.4 Å². The lowest BCUT2D eigenvalue weighted by Gasteiger charge is -2.29. The summed E-state index contributed by atoms with van der Waals surface area (Å²) >= 11 is 0. The van der Waals surface area contributed by atoms with E-state index in [9.17, 15) is 23.6 Å². The smallest absolute Gasteiger partial charge is 0.261 e. The number of hydrogen-bond donors (Lipinski definition) is 8. The van der Waals surface area contributed by atoms with Crippen molar-refractivity contribution in [2.24, 2.45) is 0 Å². The number of hydrogen-bond acceptors (Lipinski definition) is 25. The number of morpholine rings is 1. The molecule has 1 atom stereocenters. The summed E-state index contributed by atoms with van der Waals surface area (Å²) in [5.41, 5.74) is 21.9. The van der Waals surface area contributed by atoms with E-state index in [2.05, 4.69) is 161 Å². The van der Waals surface area contributed by atoms with E-state index in [4.69, 9.17) is 19.7 Å². The lowest BCUT2D eigenvalue weighted by molar-refractivity contribution is 0.0277. The molecule has 8 N–H and O–H groups in total. The van der Waals surface area contributed by atoms with Gasteiger partial charge in [-0.25, -0.2) is 28.7 Å². The zero-order valence-corrected chi connectivity index (χ0v) is 83.1. The van der Waals surface area contributed by atoms with Gasteiger partial charge >= 0.3 is 0 Å². The number of aryl methyl sites for hydroxylation is 7. The lowest BCUT2D eigenvalue weighted by Crippen LogP contribution is -2.43. The van der Waals surface area contributed by atoms with Crippen molar-refractivity contribution in [3.8, 4) is 44.9 Å². The van der Waals surface area contributed by atoms with Crippen molar-refractivity contribution in [3.63, 3.8) is 0 Å². The standard InChI is InChI=1S/C29H30FN5O.C29H32N6O.C28H30FN7O.C28H30N6O2/c1-2-35-27-22(15-25(28(35)36)24-10-7-21(16-26(24)30)19-3-4-19)17-32-29(34-27)33-23-8-5-18(6-9-23)20-11-13-31-14-12-20;1-3-35-27-23(15-25(28(35)36)26-18(2)14-22(16-31-26)20-4-5-20)17-32-29(34-27)33-24-8-6-19(7-9-24)21-10-12-30-13-11-21;1-3-36-26-20(13-22(27(36)37)25-17(2)12-19(15-31-25)18-4-5-18)16-32-28(34-26)33-21-6-7-24(23(29)14-21)35-10-8-30-9-11-35;1-3-34-26-21(13-23(27(34)35)25-17(2)12-20(14-30-25)18-4-5-18)15-31-28(33-26)32-22-8-6-19(7-9-22)24-16-29-10-11-36-24/h5-10,15-17,19-20,31H,2-4,11-14H2,1H3,(H,32,33,34);6-9,14-17,20-21,30H,3-5,10-13H2,1-2H3,(H,32,33,34);6-7,12-16,18,30H,3-5,8-11H2,1-2H3,(H,32,33,34);6-9,12-15,18,24,29H,3-5,10-11,16H2,1-2H3,(H,31,32,33). The van der Waals surface area contributed by atoms with Crippen LogP contribution in [0.25, 0.3) is 89.0 Å². The number of rotatable bonds is 24. The molecule has 4 saturated heterocycles. The summed E-state index contributed by atoms with van der Waals surface area (Å²) in [7, 11) is 0. The van der Waals surface area contributed by atoms with Crippen LogP contribution in [0.4, 0.5) is 61.0 Å². The van der Waals surface area contributed by atoms with Gasteiger partial charge in [-0.3, -0.25) is 52.4 Å². The Kier molecular flexibility index (Phi) is 28.4. The SMILES string of the molecule is CCn1c(=O)c(-c2ccc(C3CC3)cc2F)cc2cnc(Nc3ccc(C4CCNCC4)cc3)nc21.CCn1c(=O)c(-c2ncc(C3CC3)cc2C)cc2cnc(Nc3ccc(C4CCNCC4)cc3)nc21.CCn1c(=O)c(-c2ncc(C3CC3)cc2C)cc2cnc(Nc3ccc(C4CNCCO4)cc3)nc21.CCn1c(=O)c(-c2ncc(C3CC3)cc2C)cc2cnc(Nc3ccc(N4CCNCC4)c(F)c3)nc21. The van der Waals surface area contributed by atoms with E-state index in [-0.39, 0.29) is 40.0 Å². The van der Waals surface area contributed by atoms with E-state index in [0.717, 1.165) is 170 Å². The van der Waals surface area contributed by atoms with Crippen LogP contribution in [0.3, 0.4) is 0 Å². The highest BCUT2D eigenvalue weighted by molar-refractivity contribution is 5.86.